The fourth-order valence-electron chi connectivity index (χ4n) is 2.58. The van der Waals surface area contributed by atoms with Crippen molar-refractivity contribution in [3.63, 3.8) is 0 Å². The zero-order valence-electron chi connectivity index (χ0n) is 12.4. The van der Waals surface area contributed by atoms with Crippen molar-refractivity contribution in [1.82, 2.24) is 0 Å². The second-order valence-corrected chi connectivity index (χ2v) is 5.59. The third-order valence-corrected chi connectivity index (χ3v) is 4.05. The highest BCUT2D eigenvalue weighted by Crippen LogP contribution is 2.22. The quantitative estimate of drug-likeness (QED) is 0.468. The van der Waals surface area contributed by atoms with Crippen LogP contribution in [0.15, 0.2) is 0 Å². The number of aliphatic hydroxyl groups is 1. The van der Waals surface area contributed by atoms with Gasteiger partial charge < -0.3 is 5.11 Å². The average molecular weight is 242 g/mol. The lowest BCUT2D eigenvalue weighted by Gasteiger charge is -2.20. The Morgan fingerprint density at radius 1 is 0.824 bits per heavy atom. The zero-order valence-corrected chi connectivity index (χ0v) is 12.4. The summed E-state index contributed by atoms with van der Waals surface area (Å²) in [4.78, 5) is 0. The van der Waals surface area contributed by atoms with Gasteiger partial charge in [-0.3, -0.25) is 0 Å². The van der Waals surface area contributed by atoms with E-state index in [1.54, 1.807) is 0 Å². The Morgan fingerprint density at radius 2 is 1.35 bits per heavy atom. The number of aliphatic hydroxyl groups excluding tert-OH is 1. The van der Waals surface area contributed by atoms with Crippen LogP contribution in [0.5, 0.6) is 0 Å². The molecule has 0 radical (unpaired) electrons. The maximum absolute atomic E-state index is 9.16. The van der Waals surface area contributed by atoms with Gasteiger partial charge in [0.05, 0.1) is 0 Å². The normalized spacial score (nSPS) is 14.8. The minimum Gasteiger partial charge on any atom is -0.396 e. The van der Waals surface area contributed by atoms with Crippen LogP contribution in [-0.2, 0) is 0 Å². The first-order chi connectivity index (χ1) is 8.26. The van der Waals surface area contributed by atoms with Crippen molar-refractivity contribution in [2.24, 2.45) is 11.8 Å². The first-order valence-electron chi connectivity index (χ1n) is 7.87. The molecule has 0 aromatic carbocycles. The van der Waals surface area contributed by atoms with E-state index in [0.717, 1.165) is 5.92 Å². The molecule has 0 aliphatic carbocycles. The van der Waals surface area contributed by atoms with Gasteiger partial charge in [0.25, 0.3) is 0 Å². The largest absolute Gasteiger partial charge is 0.396 e. The van der Waals surface area contributed by atoms with Gasteiger partial charge >= 0.3 is 0 Å². The van der Waals surface area contributed by atoms with Crippen LogP contribution in [0.4, 0.5) is 0 Å². The van der Waals surface area contributed by atoms with Gasteiger partial charge in [0.15, 0.2) is 0 Å². The summed E-state index contributed by atoms with van der Waals surface area (Å²) < 4.78 is 0. The molecule has 0 fully saturated rings. The summed E-state index contributed by atoms with van der Waals surface area (Å²) in [6.07, 6.45) is 13.7. The number of unbranched alkanes of at least 4 members (excludes halogenated alkanes) is 7. The molecule has 1 nitrogen and oxygen atoms in total. The van der Waals surface area contributed by atoms with E-state index in [4.69, 9.17) is 5.11 Å². The molecule has 0 saturated heterocycles. The van der Waals surface area contributed by atoms with Crippen LogP contribution in [-0.4, -0.2) is 11.7 Å². The molecule has 2 unspecified atom stereocenters. The SMILES string of the molecule is CCCCCCCCCCC(CC)C(C)CO. The maximum atomic E-state index is 9.16. The molecule has 0 rings (SSSR count). The van der Waals surface area contributed by atoms with Gasteiger partial charge in [-0.05, 0) is 11.8 Å². The maximum Gasteiger partial charge on any atom is 0.0459 e. The van der Waals surface area contributed by atoms with E-state index in [2.05, 4.69) is 20.8 Å². The molecule has 0 aliphatic heterocycles. The van der Waals surface area contributed by atoms with Crippen molar-refractivity contribution >= 4 is 0 Å². The molecule has 0 aromatic rings. The van der Waals surface area contributed by atoms with Gasteiger partial charge in [0.1, 0.15) is 0 Å². The van der Waals surface area contributed by atoms with Crippen molar-refractivity contribution in [1.29, 1.82) is 0 Å². The molecule has 1 N–H and O–H groups in total. The Hall–Kier alpha value is -0.0400. The van der Waals surface area contributed by atoms with E-state index in [0.29, 0.717) is 12.5 Å². The van der Waals surface area contributed by atoms with Crippen LogP contribution in [0.1, 0.15) is 85.0 Å². The summed E-state index contributed by atoms with van der Waals surface area (Å²) in [5, 5.41) is 9.16. The minimum absolute atomic E-state index is 0.357. The second-order valence-electron chi connectivity index (χ2n) is 5.59. The lowest BCUT2D eigenvalue weighted by Crippen LogP contribution is -2.14. The molecule has 104 valence electrons. The number of hydrogen-bond acceptors (Lipinski definition) is 1. The van der Waals surface area contributed by atoms with Crippen molar-refractivity contribution in [2.45, 2.75) is 85.0 Å². The van der Waals surface area contributed by atoms with Crippen LogP contribution in [0, 0.1) is 11.8 Å². The topological polar surface area (TPSA) is 20.2 Å². The minimum atomic E-state index is 0.357. The fourth-order valence-corrected chi connectivity index (χ4v) is 2.58. The first kappa shape index (κ1) is 17.0. The molecule has 0 bridgehead atoms. The predicted molar refractivity (Wildman–Crippen MR) is 77.3 cm³/mol. The summed E-state index contributed by atoms with van der Waals surface area (Å²) in [7, 11) is 0. The lowest BCUT2D eigenvalue weighted by atomic mass is 9.87. The summed E-state index contributed by atoms with van der Waals surface area (Å²) in [6, 6.07) is 0. The predicted octanol–water partition coefficient (Wildman–Crippen LogP) is 5.17. The van der Waals surface area contributed by atoms with E-state index in [1.807, 2.05) is 0 Å². The van der Waals surface area contributed by atoms with Gasteiger partial charge in [-0.25, -0.2) is 0 Å². The Bertz CT molecular complexity index is 144. The molecular weight excluding hydrogens is 208 g/mol. The van der Waals surface area contributed by atoms with Crippen molar-refractivity contribution < 1.29 is 5.11 Å². The summed E-state index contributed by atoms with van der Waals surface area (Å²) in [5.41, 5.74) is 0. The molecule has 2 atom stereocenters. The van der Waals surface area contributed by atoms with Crippen LogP contribution in [0.3, 0.4) is 0 Å². The Kier molecular flexibility index (Phi) is 12.4. The van der Waals surface area contributed by atoms with E-state index in [-0.39, 0.29) is 0 Å². The molecule has 0 saturated carbocycles. The molecule has 0 aromatic heterocycles. The van der Waals surface area contributed by atoms with Crippen molar-refractivity contribution in [3.8, 4) is 0 Å². The molecule has 0 spiro atoms. The summed E-state index contributed by atoms with van der Waals surface area (Å²) >= 11 is 0. The number of rotatable bonds is 12. The van der Waals surface area contributed by atoms with Crippen molar-refractivity contribution in [2.75, 3.05) is 6.61 Å². The van der Waals surface area contributed by atoms with E-state index < -0.39 is 0 Å². The molecule has 0 heterocycles. The van der Waals surface area contributed by atoms with Crippen LogP contribution in [0.2, 0.25) is 0 Å². The highest BCUT2D eigenvalue weighted by Gasteiger charge is 2.13. The lowest BCUT2D eigenvalue weighted by molar-refractivity contribution is 0.177. The van der Waals surface area contributed by atoms with Gasteiger partial charge in [-0.2, -0.15) is 0 Å². The van der Waals surface area contributed by atoms with Crippen LogP contribution >= 0.6 is 0 Å². The molecule has 17 heavy (non-hydrogen) atoms. The Labute approximate surface area is 109 Å². The van der Waals surface area contributed by atoms with Crippen LogP contribution in [0.25, 0.3) is 0 Å². The van der Waals surface area contributed by atoms with E-state index in [9.17, 15) is 0 Å². The monoisotopic (exact) mass is 242 g/mol. The third kappa shape index (κ3) is 9.64. The molecule has 0 aliphatic rings. The van der Waals surface area contributed by atoms with Crippen LogP contribution < -0.4 is 0 Å². The molecule has 1 heteroatoms. The highest BCUT2D eigenvalue weighted by atomic mass is 16.3. The molecular formula is C16H34O. The molecule has 0 amide bonds. The van der Waals surface area contributed by atoms with Gasteiger partial charge in [0.2, 0.25) is 0 Å². The number of hydrogen-bond donors (Lipinski definition) is 1. The standard InChI is InChI=1S/C16H34O/c1-4-6-7-8-9-10-11-12-13-16(5-2)15(3)14-17/h15-17H,4-14H2,1-3H3. The van der Waals surface area contributed by atoms with E-state index in [1.165, 1.54) is 64.2 Å². The van der Waals surface area contributed by atoms with Gasteiger partial charge in [-0.1, -0.05) is 85.0 Å². The average Bonchev–Trinajstić information content (AvgIpc) is 2.36. The smallest absolute Gasteiger partial charge is 0.0459 e. The second kappa shape index (κ2) is 12.4. The first-order valence-corrected chi connectivity index (χ1v) is 7.87. The Balaban J connectivity index is 3.31. The fraction of sp³-hybridized carbons (Fsp3) is 1.00. The third-order valence-electron chi connectivity index (χ3n) is 4.05. The highest BCUT2D eigenvalue weighted by molar-refractivity contribution is 4.64. The summed E-state index contributed by atoms with van der Waals surface area (Å²) in [6.45, 7) is 7.06. The van der Waals surface area contributed by atoms with Gasteiger partial charge in [-0.15, -0.1) is 0 Å². The van der Waals surface area contributed by atoms with Gasteiger partial charge in [0, 0.05) is 6.61 Å². The van der Waals surface area contributed by atoms with E-state index >= 15 is 0 Å². The zero-order chi connectivity index (χ0) is 12.9. The summed E-state index contributed by atoms with van der Waals surface area (Å²) in [5.74, 6) is 1.23. The Morgan fingerprint density at radius 3 is 1.82 bits per heavy atom. The van der Waals surface area contributed by atoms with Crippen molar-refractivity contribution in [3.05, 3.63) is 0 Å².